The molecule has 1 aromatic carbocycles. The molecule has 0 N–H and O–H groups in total. The molecule has 126 valence electrons. The van der Waals surface area contributed by atoms with Crippen molar-refractivity contribution in [3.8, 4) is 5.82 Å². The van der Waals surface area contributed by atoms with Crippen LogP contribution in [0.4, 0.5) is 5.69 Å². The largest absolute Gasteiger partial charge is 0.379 e. The van der Waals surface area contributed by atoms with E-state index in [0.29, 0.717) is 17.9 Å². The average molecular weight is 334 g/mol. The van der Waals surface area contributed by atoms with Gasteiger partial charge in [-0.25, -0.2) is 9.97 Å². The van der Waals surface area contributed by atoms with Gasteiger partial charge in [0.15, 0.2) is 0 Å². The highest BCUT2D eigenvalue weighted by Gasteiger charge is 2.29. The topological polar surface area (TPSA) is 60.2 Å². The summed E-state index contributed by atoms with van der Waals surface area (Å²) in [7, 11) is 1.69. The Morgan fingerprint density at radius 3 is 2.92 bits per heavy atom. The smallest absolute Gasteiger partial charge is 0.258 e. The van der Waals surface area contributed by atoms with Crippen LogP contribution < -0.4 is 4.90 Å². The first-order chi connectivity index (χ1) is 12.3. The molecule has 2 aromatic heterocycles. The van der Waals surface area contributed by atoms with Gasteiger partial charge >= 0.3 is 0 Å². The van der Waals surface area contributed by atoms with Gasteiger partial charge in [-0.3, -0.25) is 9.36 Å². The number of methoxy groups -OCH3 is 1. The third-order valence-electron chi connectivity index (χ3n) is 4.46. The zero-order chi connectivity index (χ0) is 17.2. The maximum atomic E-state index is 13.2. The molecule has 0 fully saturated rings. The number of rotatable bonds is 3. The van der Waals surface area contributed by atoms with Crippen molar-refractivity contribution in [3.63, 3.8) is 0 Å². The Labute approximate surface area is 145 Å². The zero-order valence-electron chi connectivity index (χ0n) is 13.9. The van der Waals surface area contributed by atoms with Crippen LogP contribution in [0.2, 0.25) is 0 Å². The molecular weight excluding hydrogens is 316 g/mol. The van der Waals surface area contributed by atoms with Crippen LogP contribution in [0.25, 0.3) is 5.82 Å². The molecule has 0 aliphatic carbocycles. The van der Waals surface area contributed by atoms with E-state index >= 15 is 0 Å². The number of pyridine rings is 1. The van der Waals surface area contributed by atoms with E-state index in [-0.39, 0.29) is 12.0 Å². The molecule has 4 rings (SSSR count). The minimum absolute atomic E-state index is 0.00573. The molecule has 3 aromatic rings. The van der Waals surface area contributed by atoms with E-state index < -0.39 is 0 Å². The van der Waals surface area contributed by atoms with Crippen molar-refractivity contribution in [2.75, 3.05) is 18.6 Å². The second kappa shape index (κ2) is 6.49. The van der Waals surface area contributed by atoms with Crippen LogP contribution in [0, 0.1) is 0 Å². The van der Waals surface area contributed by atoms with Gasteiger partial charge in [0.05, 0.1) is 12.6 Å². The van der Waals surface area contributed by atoms with Crippen molar-refractivity contribution in [1.29, 1.82) is 0 Å². The first-order valence-electron chi connectivity index (χ1n) is 8.13. The van der Waals surface area contributed by atoms with Crippen molar-refractivity contribution >= 4 is 11.6 Å². The molecule has 1 aliphatic heterocycles. The van der Waals surface area contributed by atoms with Crippen LogP contribution in [0.5, 0.6) is 0 Å². The highest BCUT2D eigenvalue weighted by atomic mass is 16.5. The number of carbonyl (C=O) groups excluding carboxylic acids is 1. The number of ether oxygens (including phenoxy) is 1. The third-order valence-corrected chi connectivity index (χ3v) is 4.46. The third kappa shape index (κ3) is 2.92. The normalized spacial score (nSPS) is 16.5. The summed E-state index contributed by atoms with van der Waals surface area (Å²) in [5.41, 5.74) is 2.66. The number of benzene rings is 1. The molecule has 6 nitrogen and oxygen atoms in total. The lowest BCUT2D eigenvalue weighted by molar-refractivity contribution is 0.0870. The molecule has 0 saturated heterocycles. The number of hydrogen-bond acceptors (Lipinski definition) is 4. The number of fused-ring (bicyclic) bond motifs is 1. The fraction of sp³-hybridized carbons (Fsp3) is 0.211. The van der Waals surface area contributed by atoms with Crippen molar-refractivity contribution in [2.24, 2.45) is 0 Å². The Morgan fingerprint density at radius 1 is 1.24 bits per heavy atom. The second-order valence-electron chi connectivity index (χ2n) is 5.98. The van der Waals surface area contributed by atoms with Gasteiger partial charge in [-0.05, 0) is 23.8 Å². The minimum atomic E-state index is -0.0574. The molecule has 1 atom stereocenters. The van der Waals surface area contributed by atoms with E-state index in [4.69, 9.17) is 4.74 Å². The molecule has 25 heavy (non-hydrogen) atoms. The Bertz CT molecular complexity index is 892. The summed E-state index contributed by atoms with van der Waals surface area (Å²) in [5, 5.41) is 0. The lowest BCUT2D eigenvalue weighted by Crippen LogP contribution is -2.43. The van der Waals surface area contributed by atoms with Gasteiger partial charge in [-0.2, -0.15) is 0 Å². The van der Waals surface area contributed by atoms with Gasteiger partial charge in [0.25, 0.3) is 5.91 Å². The number of carbonyl (C=O) groups is 1. The quantitative estimate of drug-likeness (QED) is 0.738. The standard InChI is InChI=1S/C19H18N4O2/c1-25-16-10-14-4-2-3-5-17(14)23(12-16)19(24)15-6-7-21-18(11-15)22-9-8-20-13-22/h2-9,11,13,16H,10,12H2,1H3. The van der Waals surface area contributed by atoms with Crippen molar-refractivity contribution < 1.29 is 9.53 Å². The van der Waals surface area contributed by atoms with E-state index in [1.165, 1.54) is 0 Å². The highest BCUT2D eigenvalue weighted by molar-refractivity contribution is 6.07. The summed E-state index contributed by atoms with van der Waals surface area (Å²) in [6.07, 6.45) is 7.59. The maximum Gasteiger partial charge on any atom is 0.258 e. The lowest BCUT2D eigenvalue weighted by atomic mass is 9.99. The van der Waals surface area contributed by atoms with Gasteiger partial charge < -0.3 is 9.64 Å². The van der Waals surface area contributed by atoms with E-state index in [0.717, 1.165) is 17.7 Å². The Hall–Kier alpha value is -2.99. The van der Waals surface area contributed by atoms with Crippen molar-refractivity contribution in [1.82, 2.24) is 14.5 Å². The van der Waals surface area contributed by atoms with Crippen LogP contribution in [-0.4, -0.2) is 40.2 Å². The predicted molar refractivity (Wildman–Crippen MR) is 94.0 cm³/mol. The molecule has 0 spiro atoms. The highest BCUT2D eigenvalue weighted by Crippen LogP contribution is 2.29. The summed E-state index contributed by atoms with van der Waals surface area (Å²) in [6, 6.07) is 11.5. The summed E-state index contributed by atoms with van der Waals surface area (Å²) in [6.45, 7) is 0.537. The Morgan fingerprint density at radius 2 is 2.12 bits per heavy atom. The van der Waals surface area contributed by atoms with Crippen LogP contribution in [-0.2, 0) is 11.2 Å². The fourth-order valence-electron chi connectivity index (χ4n) is 3.15. The second-order valence-corrected chi connectivity index (χ2v) is 5.98. The maximum absolute atomic E-state index is 13.2. The van der Waals surface area contributed by atoms with Gasteiger partial charge in [-0.15, -0.1) is 0 Å². The van der Waals surface area contributed by atoms with Crippen LogP contribution in [0.3, 0.4) is 0 Å². The number of anilines is 1. The fourth-order valence-corrected chi connectivity index (χ4v) is 3.15. The number of amides is 1. The molecular formula is C19H18N4O2. The summed E-state index contributed by atoms with van der Waals surface area (Å²) in [4.78, 5) is 23.3. The first kappa shape index (κ1) is 15.5. The van der Waals surface area contributed by atoms with Gasteiger partial charge in [-0.1, -0.05) is 18.2 Å². The molecule has 1 aliphatic rings. The molecule has 0 bridgehead atoms. The monoisotopic (exact) mass is 334 g/mol. The predicted octanol–water partition coefficient (Wildman–Crippen LogP) is 2.49. The molecule has 0 radical (unpaired) electrons. The molecule has 0 saturated carbocycles. The average Bonchev–Trinajstić information content (AvgIpc) is 3.21. The van der Waals surface area contributed by atoms with E-state index in [2.05, 4.69) is 9.97 Å². The van der Waals surface area contributed by atoms with Crippen molar-refractivity contribution in [3.05, 3.63) is 72.4 Å². The Kier molecular flexibility index (Phi) is 4.03. The number of imidazole rings is 1. The Balaban J connectivity index is 1.70. The summed E-state index contributed by atoms with van der Waals surface area (Å²) in [5.74, 6) is 0.606. The van der Waals surface area contributed by atoms with Crippen LogP contribution >= 0.6 is 0 Å². The van der Waals surface area contributed by atoms with E-state index in [9.17, 15) is 4.79 Å². The van der Waals surface area contributed by atoms with E-state index in [1.807, 2.05) is 24.3 Å². The zero-order valence-corrected chi connectivity index (χ0v) is 13.9. The van der Waals surface area contributed by atoms with Crippen molar-refractivity contribution in [2.45, 2.75) is 12.5 Å². The lowest BCUT2D eigenvalue weighted by Gasteiger charge is -2.34. The number of aromatic nitrogens is 3. The van der Waals surface area contributed by atoms with Crippen LogP contribution in [0.1, 0.15) is 15.9 Å². The SMILES string of the molecule is COC1Cc2ccccc2N(C(=O)c2ccnc(-n3ccnc3)c2)C1. The van der Waals surface area contributed by atoms with Gasteiger partial charge in [0.1, 0.15) is 12.1 Å². The number of para-hydroxylation sites is 1. The minimum Gasteiger partial charge on any atom is -0.379 e. The molecule has 6 heteroatoms. The molecule has 1 unspecified atom stereocenters. The van der Waals surface area contributed by atoms with Gasteiger partial charge in [0.2, 0.25) is 0 Å². The number of nitrogens with zero attached hydrogens (tertiary/aromatic N) is 4. The first-order valence-corrected chi connectivity index (χ1v) is 8.13. The number of hydrogen-bond donors (Lipinski definition) is 0. The van der Waals surface area contributed by atoms with Crippen LogP contribution in [0.15, 0.2) is 61.3 Å². The molecule has 3 heterocycles. The van der Waals surface area contributed by atoms with Gasteiger partial charge in [0, 0.05) is 43.4 Å². The summed E-state index contributed by atoms with van der Waals surface area (Å²) >= 11 is 0. The molecule has 1 amide bonds. The summed E-state index contributed by atoms with van der Waals surface area (Å²) < 4.78 is 7.30. The van der Waals surface area contributed by atoms with E-state index in [1.54, 1.807) is 53.6 Å².